The number of nitrogens with one attached hydrogen (secondary N) is 2. The maximum atomic E-state index is 13.0. The van der Waals surface area contributed by atoms with Crippen LogP contribution in [0.25, 0.3) is 11.1 Å². The van der Waals surface area contributed by atoms with Gasteiger partial charge in [0.2, 0.25) is 5.91 Å². The Morgan fingerprint density at radius 1 is 0.943 bits per heavy atom. The molecule has 2 aliphatic carbocycles. The summed E-state index contributed by atoms with van der Waals surface area (Å²) in [5, 5.41) is 15.2. The second-order valence-corrected chi connectivity index (χ2v) is 10.2. The molecule has 0 bridgehead atoms. The van der Waals surface area contributed by atoms with Crippen molar-refractivity contribution in [2.24, 2.45) is 11.3 Å². The van der Waals surface area contributed by atoms with Crippen molar-refractivity contribution in [3.05, 3.63) is 59.7 Å². The Labute approximate surface area is 206 Å². The summed E-state index contributed by atoms with van der Waals surface area (Å²) in [4.78, 5) is 37.2. The predicted octanol–water partition coefficient (Wildman–Crippen LogP) is 4.70. The summed E-state index contributed by atoms with van der Waals surface area (Å²) in [6.07, 6.45) is 3.37. The predicted molar refractivity (Wildman–Crippen MR) is 133 cm³/mol. The highest BCUT2D eigenvalue weighted by Gasteiger charge is 2.35. The zero-order chi connectivity index (χ0) is 25.0. The van der Waals surface area contributed by atoms with Gasteiger partial charge in [-0.3, -0.25) is 9.59 Å². The van der Waals surface area contributed by atoms with Gasteiger partial charge >= 0.3 is 12.1 Å². The van der Waals surface area contributed by atoms with E-state index in [4.69, 9.17) is 4.74 Å². The van der Waals surface area contributed by atoms with Crippen LogP contribution in [-0.4, -0.2) is 42.3 Å². The lowest BCUT2D eigenvalue weighted by atomic mass is 9.89. The van der Waals surface area contributed by atoms with Crippen molar-refractivity contribution in [3.63, 3.8) is 0 Å². The summed E-state index contributed by atoms with van der Waals surface area (Å²) in [5.74, 6) is -1.75. The van der Waals surface area contributed by atoms with Gasteiger partial charge in [-0.2, -0.15) is 0 Å². The minimum atomic E-state index is -0.916. The Morgan fingerprint density at radius 3 is 2.17 bits per heavy atom. The molecule has 0 spiro atoms. The zero-order valence-electron chi connectivity index (χ0n) is 20.4. The number of hydrogen-bond donors (Lipinski definition) is 3. The smallest absolute Gasteiger partial charge is 0.407 e. The number of benzene rings is 2. The molecule has 3 N–H and O–H groups in total. The van der Waals surface area contributed by atoms with E-state index in [-0.39, 0.29) is 25.0 Å². The first-order chi connectivity index (χ1) is 16.8. The highest BCUT2D eigenvalue weighted by atomic mass is 16.5. The average Bonchev–Trinajstić information content (AvgIpc) is 2.97. The van der Waals surface area contributed by atoms with Gasteiger partial charge in [-0.1, -0.05) is 67.8 Å². The first-order valence-electron chi connectivity index (χ1n) is 12.4. The fourth-order valence-corrected chi connectivity index (χ4v) is 5.16. The molecule has 1 saturated carbocycles. The molecule has 35 heavy (non-hydrogen) atoms. The van der Waals surface area contributed by atoms with Crippen LogP contribution in [-0.2, 0) is 14.3 Å². The molecule has 2 amide bonds. The van der Waals surface area contributed by atoms with Crippen LogP contribution in [0.4, 0.5) is 4.79 Å². The van der Waals surface area contributed by atoms with Crippen LogP contribution >= 0.6 is 0 Å². The molecule has 186 valence electrons. The molecule has 7 nitrogen and oxygen atoms in total. The number of carbonyl (C=O) groups is 3. The summed E-state index contributed by atoms with van der Waals surface area (Å²) in [6.45, 7) is 3.76. The standard InChI is InChI=1S/C28H34N2O5/c1-28(2,26(33)30-24-15-5-3-4-14-22(24)25(31)32)17-29-27(34)35-16-23-20-12-8-6-10-18(20)19-11-7-9-13-21(19)23/h6-13,22-24H,3-5,14-17H2,1-2H3,(H,29,34)(H,30,33)(H,31,32)/t22-,24+/m1/s1. The molecule has 2 aliphatic rings. The third kappa shape index (κ3) is 5.50. The molecule has 1 fully saturated rings. The van der Waals surface area contributed by atoms with Gasteiger partial charge in [0.25, 0.3) is 0 Å². The number of hydrogen-bond acceptors (Lipinski definition) is 4. The molecule has 0 unspecified atom stereocenters. The molecular weight excluding hydrogens is 444 g/mol. The second kappa shape index (κ2) is 10.5. The van der Waals surface area contributed by atoms with Crippen molar-refractivity contribution in [3.8, 4) is 11.1 Å². The summed E-state index contributed by atoms with van der Waals surface area (Å²) in [5.41, 5.74) is 3.68. The van der Waals surface area contributed by atoms with Crippen LogP contribution in [0.15, 0.2) is 48.5 Å². The van der Waals surface area contributed by atoms with E-state index in [9.17, 15) is 19.5 Å². The van der Waals surface area contributed by atoms with E-state index in [1.165, 1.54) is 0 Å². The molecule has 4 rings (SSSR count). The highest BCUT2D eigenvalue weighted by molar-refractivity contribution is 5.84. The van der Waals surface area contributed by atoms with Crippen LogP contribution < -0.4 is 10.6 Å². The summed E-state index contributed by atoms with van der Waals surface area (Å²) < 4.78 is 5.57. The van der Waals surface area contributed by atoms with E-state index in [1.807, 2.05) is 24.3 Å². The number of amides is 2. The van der Waals surface area contributed by atoms with Crippen LogP contribution in [0, 0.1) is 11.3 Å². The Hall–Kier alpha value is -3.35. The average molecular weight is 479 g/mol. The summed E-state index contributed by atoms with van der Waals surface area (Å²) in [7, 11) is 0. The van der Waals surface area contributed by atoms with Crippen LogP contribution in [0.3, 0.4) is 0 Å². The van der Waals surface area contributed by atoms with Gasteiger partial charge in [0, 0.05) is 18.5 Å². The monoisotopic (exact) mass is 478 g/mol. The number of alkyl carbamates (subject to hydrolysis) is 1. The van der Waals surface area contributed by atoms with E-state index in [1.54, 1.807) is 13.8 Å². The molecule has 0 aliphatic heterocycles. The molecule has 0 radical (unpaired) electrons. The van der Waals surface area contributed by atoms with Gasteiger partial charge in [-0.25, -0.2) is 4.79 Å². The summed E-state index contributed by atoms with van der Waals surface area (Å²) in [6, 6.07) is 15.9. The van der Waals surface area contributed by atoms with E-state index < -0.39 is 29.4 Å². The number of carboxylic acids is 1. The van der Waals surface area contributed by atoms with Gasteiger partial charge in [-0.05, 0) is 48.9 Å². The van der Waals surface area contributed by atoms with Crippen LogP contribution in [0.2, 0.25) is 0 Å². The molecule has 0 saturated heterocycles. The lowest BCUT2D eigenvalue weighted by Gasteiger charge is -2.29. The number of aliphatic carboxylic acids is 1. The largest absolute Gasteiger partial charge is 0.481 e. The molecule has 2 aromatic carbocycles. The lowest BCUT2D eigenvalue weighted by Crippen LogP contribution is -2.51. The summed E-state index contributed by atoms with van der Waals surface area (Å²) >= 11 is 0. The lowest BCUT2D eigenvalue weighted by molar-refractivity contribution is -0.143. The number of carbonyl (C=O) groups excluding carboxylic acids is 2. The number of rotatable bonds is 7. The third-order valence-corrected chi connectivity index (χ3v) is 7.28. The number of fused-ring (bicyclic) bond motifs is 3. The minimum Gasteiger partial charge on any atom is -0.481 e. The Balaban J connectivity index is 1.32. The van der Waals surface area contributed by atoms with Gasteiger partial charge < -0.3 is 20.5 Å². The molecule has 0 heterocycles. The Bertz CT molecular complexity index is 1050. The van der Waals surface area contributed by atoms with Gasteiger partial charge in [-0.15, -0.1) is 0 Å². The minimum absolute atomic E-state index is 0.0346. The fraction of sp³-hybridized carbons (Fsp3) is 0.464. The zero-order valence-corrected chi connectivity index (χ0v) is 20.4. The van der Waals surface area contributed by atoms with Crippen molar-refractivity contribution < 1.29 is 24.2 Å². The maximum absolute atomic E-state index is 13.0. The SMILES string of the molecule is CC(C)(CNC(=O)OCC1c2ccccc2-c2ccccc21)C(=O)N[C@H]1CCCCC[C@H]1C(=O)O. The van der Waals surface area contributed by atoms with E-state index in [0.29, 0.717) is 12.8 Å². The van der Waals surface area contributed by atoms with Gasteiger partial charge in [0.05, 0.1) is 11.3 Å². The molecule has 0 aromatic heterocycles. The van der Waals surface area contributed by atoms with E-state index in [0.717, 1.165) is 41.5 Å². The van der Waals surface area contributed by atoms with Crippen molar-refractivity contribution in [1.82, 2.24) is 10.6 Å². The van der Waals surface area contributed by atoms with Crippen molar-refractivity contribution >= 4 is 18.0 Å². The van der Waals surface area contributed by atoms with Crippen LogP contribution in [0.5, 0.6) is 0 Å². The molecule has 2 aromatic rings. The number of ether oxygens (including phenoxy) is 1. The maximum Gasteiger partial charge on any atom is 0.407 e. The quantitative estimate of drug-likeness (QED) is 0.500. The second-order valence-electron chi connectivity index (χ2n) is 10.2. The fourth-order valence-electron chi connectivity index (χ4n) is 5.16. The first-order valence-corrected chi connectivity index (χ1v) is 12.4. The molecule has 7 heteroatoms. The first kappa shape index (κ1) is 24.8. The van der Waals surface area contributed by atoms with Crippen molar-refractivity contribution in [2.45, 2.75) is 57.9 Å². The Kier molecular flexibility index (Phi) is 7.43. The molecular formula is C28H34N2O5. The number of carboxylic acid groups (broad SMARTS) is 1. The van der Waals surface area contributed by atoms with E-state index >= 15 is 0 Å². The van der Waals surface area contributed by atoms with E-state index in [2.05, 4.69) is 34.9 Å². The van der Waals surface area contributed by atoms with Gasteiger partial charge in [0.15, 0.2) is 0 Å². The Morgan fingerprint density at radius 2 is 1.54 bits per heavy atom. The highest BCUT2D eigenvalue weighted by Crippen LogP contribution is 2.44. The third-order valence-electron chi connectivity index (χ3n) is 7.28. The molecule has 2 atom stereocenters. The van der Waals surface area contributed by atoms with Gasteiger partial charge in [0.1, 0.15) is 6.61 Å². The van der Waals surface area contributed by atoms with Crippen LogP contribution in [0.1, 0.15) is 63.0 Å². The normalized spacial score (nSPS) is 19.7. The van der Waals surface area contributed by atoms with Crippen molar-refractivity contribution in [1.29, 1.82) is 0 Å². The topological polar surface area (TPSA) is 105 Å². The van der Waals surface area contributed by atoms with Crippen molar-refractivity contribution in [2.75, 3.05) is 13.2 Å².